The van der Waals surface area contributed by atoms with Gasteiger partial charge in [-0.05, 0) is 48.2 Å². The molecule has 0 saturated carbocycles. The summed E-state index contributed by atoms with van der Waals surface area (Å²) in [6.45, 7) is 1.45. The molecule has 2 N–H and O–H groups in total. The number of rotatable bonds is 6. The Kier molecular flexibility index (Phi) is 8.72. The van der Waals surface area contributed by atoms with E-state index in [0.29, 0.717) is 11.5 Å². The Labute approximate surface area is 131 Å². The molecule has 4 heteroatoms. The highest BCUT2D eigenvalue weighted by Crippen LogP contribution is 2.10. The molecule has 0 atom stereocenters. The lowest BCUT2D eigenvalue weighted by Gasteiger charge is -1.99. The lowest BCUT2D eigenvalue weighted by molar-refractivity contribution is 0.202. The minimum atomic E-state index is 0.311. The van der Waals surface area contributed by atoms with Crippen LogP contribution in [-0.4, -0.2) is 37.6 Å². The van der Waals surface area contributed by atoms with Crippen molar-refractivity contribution in [2.45, 2.75) is 12.8 Å². The third-order valence-corrected chi connectivity index (χ3v) is 3.06. The zero-order chi connectivity index (χ0) is 16.2. The maximum absolute atomic E-state index is 8.95. The van der Waals surface area contributed by atoms with Crippen LogP contribution in [0.1, 0.15) is 11.1 Å². The molecule has 2 aromatic rings. The highest BCUT2D eigenvalue weighted by molar-refractivity contribution is 5.26. The monoisotopic (exact) mass is 304 g/mol. The van der Waals surface area contributed by atoms with Crippen molar-refractivity contribution in [3.05, 3.63) is 59.7 Å². The average Bonchev–Trinajstić information content (AvgIpc) is 2.54. The normalized spacial score (nSPS) is 9.91. The first-order valence-corrected chi connectivity index (χ1v) is 7.19. The Morgan fingerprint density at radius 2 is 0.955 bits per heavy atom. The topological polar surface area (TPSA) is 58.9 Å². The van der Waals surface area contributed by atoms with E-state index in [1.54, 1.807) is 38.5 Å². The molecule has 0 amide bonds. The van der Waals surface area contributed by atoms with Crippen LogP contribution in [0.3, 0.4) is 0 Å². The van der Waals surface area contributed by atoms with Gasteiger partial charge in [-0.15, -0.1) is 0 Å². The van der Waals surface area contributed by atoms with Crippen LogP contribution in [0.4, 0.5) is 0 Å². The minimum absolute atomic E-state index is 0.311. The van der Waals surface area contributed by atoms with Crippen molar-refractivity contribution < 1.29 is 19.7 Å². The van der Waals surface area contributed by atoms with Crippen molar-refractivity contribution in [2.75, 3.05) is 27.4 Å². The minimum Gasteiger partial charge on any atom is -0.508 e. The van der Waals surface area contributed by atoms with E-state index in [2.05, 4.69) is 0 Å². The van der Waals surface area contributed by atoms with Crippen LogP contribution in [0.5, 0.6) is 11.5 Å². The Hall–Kier alpha value is -2.04. The van der Waals surface area contributed by atoms with Gasteiger partial charge >= 0.3 is 0 Å². The number of hydrogen-bond donors (Lipinski definition) is 2. The van der Waals surface area contributed by atoms with E-state index < -0.39 is 0 Å². The van der Waals surface area contributed by atoms with E-state index in [1.165, 1.54) is 11.1 Å². The highest BCUT2D eigenvalue weighted by atomic mass is 16.5. The Morgan fingerprint density at radius 1 is 0.636 bits per heavy atom. The molecule has 0 aliphatic carbocycles. The first-order valence-electron chi connectivity index (χ1n) is 7.19. The van der Waals surface area contributed by atoms with Crippen molar-refractivity contribution >= 4 is 0 Å². The van der Waals surface area contributed by atoms with Gasteiger partial charge in [0, 0.05) is 14.2 Å². The zero-order valence-corrected chi connectivity index (χ0v) is 13.2. The molecule has 0 saturated heterocycles. The van der Waals surface area contributed by atoms with E-state index in [9.17, 15) is 0 Å². The molecule has 0 aliphatic rings. The van der Waals surface area contributed by atoms with Crippen LogP contribution in [0, 0.1) is 0 Å². The Morgan fingerprint density at radius 3 is 1.23 bits per heavy atom. The second kappa shape index (κ2) is 10.7. The third kappa shape index (κ3) is 7.67. The van der Waals surface area contributed by atoms with Crippen molar-refractivity contribution in [1.82, 2.24) is 0 Å². The van der Waals surface area contributed by atoms with Gasteiger partial charge in [0.25, 0.3) is 0 Å². The van der Waals surface area contributed by atoms with Crippen LogP contribution >= 0.6 is 0 Å². The Balaban J connectivity index is 0.000000220. The van der Waals surface area contributed by atoms with Crippen molar-refractivity contribution in [1.29, 1.82) is 0 Å². The summed E-state index contributed by atoms with van der Waals surface area (Å²) in [5.41, 5.74) is 2.37. The molecule has 120 valence electrons. The molecular weight excluding hydrogens is 280 g/mol. The summed E-state index contributed by atoms with van der Waals surface area (Å²) >= 11 is 0. The summed E-state index contributed by atoms with van der Waals surface area (Å²) in [4.78, 5) is 0. The van der Waals surface area contributed by atoms with Gasteiger partial charge in [-0.3, -0.25) is 0 Å². The fraction of sp³-hybridized carbons (Fsp3) is 0.333. The van der Waals surface area contributed by atoms with E-state index >= 15 is 0 Å². The van der Waals surface area contributed by atoms with Crippen LogP contribution in [0.15, 0.2) is 48.5 Å². The smallest absolute Gasteiger partial charge is 0.115 e. The van der Waals surface area contributed by atoms with Crippen molar-refractivity contribution in [3.8, 4) is 11.5 Å². The molecule has 2 rings (SSSR count). The molecule has 0 aliphatic heterocycles. The first-order chi connectivity index (χ1) is 10.7. The van der Waals surface area contributed by atoms with Gasteiger partial charge < -0.3 is 19.7 Å². The van der Waals surface area contributed by atoms with Gasteiger partial charge in [0.1, 0.15) is 11.5 Å². The van der Waals surface area contributed by atoms with E-state index in [0.717, 1.165) is 26.1 Å². The number of methoxy groups -OCH3 is 2. The molecular formula is C18H24O4. The maximum Gasteiger partial charge on any atom is 0.115 e. The van der Waals surface area contributed by atoms with Gasteiger partial charge in [0.15, 0.2) is 0 Å². The molecule has 0 bridgehead atoms. The fourth-order valence-corrected chi connectivity index (χ4v) is 1.77. The molecule has 0 fully saturated rings. The lowest BCUT2D eigenvalue weighted by atomic mass is 10.1. The van der Waals surface area contributed by atoms with Gasteiger partial charge in [-0.25, -0.2) is 0 Å². The second-order valence-electron chi connectivity index (χ2n) is 4.82. The van der Waals surface area contributed by atoms with Crippen molar-refractivity contribution in [3.63, 3.8) is 0 Å². The number of phenolic OH excluding ortho intramolecular Hbond substituents is 2. The molecule has 0 aromatic heterocycles. The molecule has 4 nitrogen and oxygen atoms in total. The molecule has 0 spiro atoms. The van der Waals surface area contributed by atoms with Crippen molar-refractivity contribution in [2.24, 2.45) is 0 Å². The third-order valence-electron chi connectivity index (χ3n) is 3.06. The first kappa shape index (κ1) is 18.0. The number of phenols is 2. The Bertz CT molecular complexity index is 456. The standard InChI is InChI=1S/2C9H12O2/c2*1-11-7-6-8-2-4-9(10)5-3-8/h2*2-5,10H,6-7H2,1H3. The van der Waals surface area contributed by atoms with E-state index in [-0.39, 0.29) is 0 Å². The number of aromatic hydroxyl groups is 2. The fourth-order valence-electron chi connectivity index (χ4n) is 1.77. The van der Waals surface area contributed by atoms with Gasteiger partial charge in [0.2, 0.25) is 0 Å². The molecule has 0 unspecified atom stereocenters. The summed E-state index contributed by atoms with van der Waals surface area (Å²) in [6, 6.07) is 14.3. The summed E-state index contributed by atoms with van der Waals surface area (Å²) < 4.78 is 9.83. The molecule has 2 aromatic carbocycles. The van der Waals surface area contributed by atoms with Crippen LogP contribution in [0.2, 0.25) is 0 Å². The number of hydrogen-bond acceptors (Lipinski definition) is 4. The van der Waals surface area contributed by atoms with Gasteiger partial charge in [-0.1, -0.05) is 24.3 Å². The van der Waals surface area contributed by atoms with Crippen LogP contribution < -0.4 is 0 Å². The molecule has 0 radical (unpaired) electrons. The summed E-state index contributed by atoms with van der Waals surface area (Å²) in [5, 5.41) is 17.9. The van der Waals surface area contributed by atoms with Gasteiger partial charge in [-0.2, -0.15) is 0 Å². The average molecular weight is 304 g/mol. The predicted molar refractivity (Wildman–Crippen MR) is 87.4 cm³/mol. The molecule has 0 heterocycles. The summed E-state index contributed by atoms with van der Waals surface area (Å²) in [6.07, 6.45) is 1.80. The number of benzene rings is 2. The lowest BCUT2D eigenvalue weighted by Crippen LogP contribution is -1.93. The van der Waals surface area contributed by atoms with E-state index in [1.807, 2.05) is 24.3 Å². The van der Waals surface area contributed by atoms with E-state index in [4.69, 9.17) is 19.7 Å². The highest BCUT2D eigenvalue weighted by Gasteiger charge is 1.92. The van der Waals surface area contributed by atoms with Crippen LogP contribution in [-0.2, 0) is 22.3 Å². The summed E-state index contributed by atoms with van der Waals surface area (Å²) in [7, 11) is 3.36. The number of ether oxygens (including phenoxy) is 2. The summed E-state index contributed by atoms with van der Waals surface area (Å²) in [5.74, 6) is 0.623. The largest absolute Gasteiger partial charge is 0.508 e. The molecule has 22 heavy (non-hydrogen) atoms. The quantitative estimate of drug-likeness (QED) is 0.860. The zero-order valence-electron chi connectivity index (χ0n) is 13.2. The maximum atomic E-state index is 8.95. The van der Waals surface area contributed by atoms with Crippen LogP contribution in [0.25, 0.3) is 0 Å². The van der Waals surface area contributed by atoms with Gasteiger partial charge in [0.05, 0.1) is 13.2 Å². The predicted octanol–water partition coefficient (Wildman–Crippen LogP) is 3.16. The second-order valence-corrected chi connectivity index (χ2v) is 4.82. The SMILES string of the molecule is COCCc1ccc(O)cc1.COCCc1ccc(O)cc1.